The van der Waals surface area contributed by atoms with Crippen LogP contribution in [-0.4, -0.2) is 36.6 Å². The third kappa shape index (κ3) is 4.27. The highest BCUT2D eigenvalue weighted by atomic mass is 19.1. The van der Waals surface area contributed by atoms with Gasteiger partial charge in [-0.05, 0) is 49.7 Å². The lowest BCUT2D eigenvalue weighted by Gasteiger charge is -2.30. The maximum Gasteiger partial charge on any atom is 0.322 e. The van der Waals surface area contributed by atoms with Crippen molar-refractivity contribution < 1.29 is 13.6 Å². The number of benzene rings is 1. The molecule has 0 unspecified atom stereocenters. The van der Waals surface area contributed by atoms with Crippen molar-refractivity contribution in [1.82, 2.24) is 4.90 Å². The average molecular weight is 365 g/mol. The first-order valence-electron chi connectivity index (χ1n) is 9.56. The molecule has 26 heavy (non-hydrogen) atoms. The van der Waals surface area contributed by atoms with Gasteiger partial charge in [-0.25, -0.2) is 13.6 Å². The molecule has 1 atom stereocenters. The lowest BCUT2D eigenvalue weighted by atomic mass is 9.87. The van der Waals surface area contributed by atoms with E-state index in [-0.39, 0.29) is 28.9 Å². The van der Waals surface area contributed by atoms with Crippen LogP contribution in [-0.2, 0) is 0 Å². The predicted molar refractivity (Wildman–Crippen MR) is 101 cm³/mol. The molecular formula is C20H29F2N3O. The molecule has 1 aromatic carbocycles. The Hall–Kier alpha value is -1.85. The smallest absolute Gasteiger partial charge is 0.322 e. The van der Waals surface area contributed by atoms with Gasteiger partial charge in [-0.15, -0.1) is 0 Å². The number of carbonyl (C=O) groups is 1. The molecule has 2 amide bonds. The van der Waals surface area contributed by atoms with E-state index in [1.165, 1.54) is 12.1 Å². The maximum absolute atomic E-state index is 14.4. The number of anilines is 2. The Morgan fingerprint density at radius 1 is 1.12 bits per heavy atom. The van der Waals surface area contributed by atoms with Crippen LogP contribution in [0.2, 0.25) is 0 Å². The molecule has 0 spiro atoms. The Morgan fingerprint density at radius 2 is 1.73 bits per heavy atom. The second-order valence-electron chi connectivity index (χ2n) is 8.67. The number of carbonyl (C=O) groups excluding carboxylic acids is 1. The molecule has 1 N–H and O–H groups in total. The molecule has 0 aromatic heterocycles. The van der Waals surface area contributed by atoms with Gasteiger partial charge in [0.2, 0.25) is 0 Å². The van der Waals surface area contributed by atoms with Crippen molar-refractivity contribution in [3.63, 3.8) is 0 Å². The second kappa shape index (κ2) is 7.41. The Kier molecular flexibility index (Phi) is 5.39. The van der Waals surface area contributed by atoms with Crippen molar-refractivity contribution in [1.29, 1.82) is 0 Å². The van der Waals surface area contributed by atoms with Crippen LogP contribution < -0.4 is 10.2 Å². The van der Waals surface area contributed by atoms with Gasteiger partial charge in [0.15, 0.2) is 11.6 Å². The summed E-state index contributed by atoms with van der Waals surface area (Å²) in [4.78, 5) is 16.2. The fourth-order valence-electron chi connectivity index (χ4n) is 4.10. The van der Waals surface area contributed by atoms with Crippen molar-refractivity contribution in [3.05, 3.63) is 23.8 Å². The Balaban J connectivity index is 1.71. The molecule has 1 aromatic rings. The van der Waals surface area contributed by atoms with Gasteiger partial charge in [-0.3, -0.25) is 0 Å². The first kappa shape index (κ1) is 18.9. The lowest BCUT2D eigenvalue weighted by molar-refractivity contribution is 0.187. The fraction of sp³-hybridized carbons (Fsp3) is 0.650. The number of hydrogen-bond donors (Lipinski definition) is 1. The number of amides is 2. The van der Waals surface area contributed by atoms with E-state index in [0.717, 1.165) is 32.1 Å². The normalized spacial score (nSPS) is 20.7. The maximum atomic E-state index is 14.4. The molecule has 2 aliphatic heterocycles. The van der Waals surface area contributed by atoms with E-state index in [0.29, 0.717) is 19.6 Å². The summed E-state index contributed by atoms with van der Waals surface area (Å²) in [6.45, 7) is 8.49. The van der Waals surface area contributed by atoms with Crippen LogP contribution >= 0.6 is 0 Å². The fourth-order valence-corrected chi connectivity index (χ4v) is 4.10. The van der Waals surface area contributed by atoms with Gasteiger partial charge < -0.3 is 15.1 Å². The molecule has 2 heterocycles. The zero-order valence-corrected chi connectivity index (χ0v) is 15.9. The zero-order valence-electron chi connectivity index (χ0n) is 15.9. The molecule has 0 aliphatic carbocycles. The number of nitrogens with zero attached hydrogens (tertiary/aromatic N) is 2. The summed E-state index contributed by atoms with van der Waals surface area (Å²) in [6.07, 6.45) is 4.74. The second-order valence-corrected chi connectivity index (χ2v) is 8.67. The van der Waals surface area contributed by atoms with Crippen molar-refractivity contribution in [3.8, 4) is 0 Å². The molecule has 6 heteroatoms. The highest BCUT2D eigenvalue weighted by molar-refractivity contribution is 5.90. The standard InChI is InChI=1S/C20H29F2N3O/c1-20(2,3)13-15-7-6-10-25(15)19(26)23-14-11-16(21)18(17(22)12-14)24-8-4-5-9-24/h11-12,15H,4-10,13H2,1-3H3,(H,23,26)/t15-/m0/s1. The van der Waals surface area contributed by atoms with E-state index >= 15 is 0 Å². The molecular weight excluding hydrogens is 336 g/mol. The summed E-state index contributed by atoms with van der Waals surface area (Å²) in [5, 5.41) is 2.69. The van der Waals surface area contributed by atoms with Crippen LogP contribution in [0.3, 0.4) is 0 Å². The SMILES string of the molecule is CC(C)(C)C[C@@H]1CCCN1C(=O)Nc1cc(F)c(N2CCCC2)c(F)c1. The van der Waals surface area contributed by atoms with Gasteiger partial charge in [0.1, 0.15) is 5.69 Å². The van der Waals surface area contributed by atoms with Crippen LogP contribution in [0.4, 0.5) is 25.0 Å². The highest BCUT2D eigenvalue weighted by Gasteiger charge is 2.32. The minimum absolute atomic E-state index is 0.0206. The minimum atomic E-state index is -0.616. The van der Waals surface area contributed by atoms with Crippen LogP contribution in [0.5, 0.6) is 0 Å². The summed E-state index contributed by atoms with van der Waals surface area (Å²) in [7, 11) is 0. The van der Waals surface area contributed by atoms with Gasteiger partial charge in [0.25, 0.3) is 0 Å². The zero-order chi connectivity index (χ0) is 18.9. The van der Waals surface area contributed by atoms with Gasteiger partial charge >= 0.3 is 6.03 Å². The molecule has 2 aliphatic rings. The number of halogens is 2. The number of urea groups is 1. The Morgan fingerprint density at radius 3 is 2.31 bits per heavy atom. The summed E-state index contributed by atoms with van der Waals surface area (Å²) >= 11 is 0. The number of likely N-dealkylation sites (tertiary alicyclic amines) is 1. The summed E-state index contributed by atoms with van der Waals surface area (Å²) < 4.78 is 28.9. The summed E-state index contributed by atoms with van der Waals surface area (Å²) in [6, 6.07) is 2.35. The lowest BCUT2D eigenvalue weighted by Crippen LogP contribution is -2.40. The third-order valence-corrected chi connectivity index (χ3v) is 5.18. The largest absolute Gasteiger partial charge is 0.367 e. The van der Waals surface area contributed by atoms with Gasteiger partial charge in [0, 0.05) is 31.4 Å². The summed E-state index contributed by atoms with van der Waals surface area (Å²) in [5.41, 5.74) is 0.324. The predicted octanol–water partition coefficient (Wildman–Crippen LogP) is 5.00. The molecule has 3 rings (SSSR count). The summed E-state index contributed by atoms with van der Waals surface area (Å²) in [5.74, 6) is -1.23. The first-order valence-corrected chi connectivity index (χ1v) is 9.56. The highest BCUT2D eigenvalue weighted by Crippen LogP contribution is 2.32. The van der Waals surface area contributed by atoms with Crippen LogP contribution in [0.25, 0.3) is 0 Å². The molecule has 2 fully saturated rings. The number of nitrogens with one attached hydrogen (secondary N) is 1. The van der Waals surface area contributed by atoms with E-state index < -0.39 is 11.6 Å². The number of rotatable bonds is 3. The Bertz CT molecular complexity index is 643. The minimum Gasteiger partial charge on any atom is -0.367 e. The molecule has 2 saturated heterocycles. The van der Waals surface area contributed by atoms with Crippen LogP contribution in [0, 0.1) is 17.0 Å². The topological polar surface area (TPSA) is 35.6 Å². The monoisotopic (exact) mass is 365 g/mol. The quantitative estimate of drug-likeness (QED) is 0.818. The van der Waals surface area contributed by atoms with E-state index in [4.69, 9.17) is 0 Å². The number of hydrogen-bond acceptors (Lipinski definition) is 2. The Labute approximate surface area is 154 Å². The van der Waals surface area contributed by atoms with Crippen molar-refractivity contribution in [2.75, 3.05) is 29.9 Å². The van der Waals surface area contributed by atoms with Crippen LogP contribution in [0.1, 0.15) is 52.9 Å². The van der Waals surface area contributed by atoms with Gasteiger partial charge in [-0.1, -0.05) is 20.8 Å². The van der Waals surface area contributed by atoms with E-state index in [1.807, 2.05) is 0 Å². The average Bonchev–Trinajstić information content (AvgIpc) is 3.16. The van der Waals surface area contributed by atoms with E-state index in [9.17, 15) is 13.6 Å². The van der Waals surface area contributed by atoms with Crippen molar-refractivity contribution >= 4 is 17.4 Å². The van der Waals surface area contributed by atoms with Gasteiger partial charge in [0.05, 0.1) is 0 Å². The molecule has 4 nitrogen and oxygen atoms in total. The molecule has 144 valence electrons. The third-order valence-electron chi connectivity index (χ3n) is 5.18. The van der Waals surface area contributed by atoms with E-state index in [1.54, 1.807) is 9.80 Å². The van der Waals surface area contributed by atoms with Crippen molar-refractivity contribution in [2.24, 2.45) is 5.41 Å². The molecule has 0 saturated carbocycles. The molecule has 0 bridgehead atoms. The molecule has 0 radical (unpaired) electrons. The van der Waals surface area contributed by atoms with Crippen LogP contribution in [0.15, 0.2) is 12.1 Å². The van der Waals surface area contributed by atoms with Crippen molar-refractivity contribution in [2.45, 2.75) is 58.9 Å². The van der Waals surface area contributed by atoms with Gasteiger partial charge in [-0.2, -0.15) is 0 Å². The van der Waals surface area contributed by atoms with E-state index in [2.05, 4.69) is 26.1 Å². The first-order chi connectivity index (χ1) is 12.2.